The summed E-state index contributed by atoms with van der Waals surface area (Å²) in [6.07, 6.45) is 9.56. The highest BCUT2D eigenvalue weighted by molar-refractivity contribution is 5.82. The summed E-state index contributed by atoms with van der Waals surface area (Å²) >= 11 is 0. The van der Waals surface area contributed by atoms with E-state index in [4.69, 9.17) is 4.74 Å². The monoisotopic (exact) mass is 435 g/mol. The number of aliphatic hydroxyl groups is 1. The molecule has 1 aromatic rings. The third kappa shape index (κ3) is 3.78. The van der Waals surface area contributed by atoms with Gasteiger partial charge in [-0.2, -0.15) is 0 Å². The normalized spacial score (nSPS) is 32.7. The number of piperidine rings is 1. The van der Waals surface area contributed by atoms with Gasteiger partial charge in [-0.25, -0.2) is 0 Å². The molecule has 0 aromatic heterocycles. The number of amides is 1. The van der Waals surface area contributed by atoms with Crippen molar-refractivity contribution in [2.24, 2.45) is 11.8 Å². The summed E-state index contributed by atoms with van der Waals surface area (Å²) in [7, 11) is 0. The van der Waals surface area contributed by atoms with E-state index < -0.39 is 6.10 Å². The fourth-order valence-corrected chi connectivity index (χ4v) is 6.29. The van der Waals surface area contributed by atoms with Crippen molar-refractivity contribution in [3.63, 3.8) is 0 Å². The number of nitrogens with zero attached hydrogens (tertiary/aromatic N) is 3. The van der Waals surface area contributed by atoms with E-state index in [1.807, 2.05) is 4.90 Å². The summed E-state index contributed by atoms with van der Waals surface area (Å²) in [5, 5.41) is 10.8. The summed E-state index contributed by atoms with van der Waals surface area (Å²) in [5.41, 5.74) is 4.05. The predicted molar refractivity (Wildman–Crippen MR) is 122 cm³/mol. The summed E-state index contributed by atoms with van der Waals surface area (Å²) in [6.45, 7) is 5.43. The number of likely N-dealkylation sites (tertiary alicyclic amines) is 2. The molecule has 4 heterocycles. The molecular weight excluding hydrogens is 402 g/mol. The zero-order chi connectivity index (χ0) is 21.7. The van der Waals surface area contributed by atoms with E-state index in [0.29, 0.717) is 25.2 Å². The number of aliphatic hydroxyl groups excluding tert-OH is 1. The van der Waals surface area contributed by atoms with Gasteiger partial charge in [-0.1, -0.05) is 36.4 Å². The number of hydrogen-bond donors (Lipinski definition) is 1. The Kier molecular flexibility index (Phi) is 5.32. The largest absolute Gasteiger partial charge is 0.390 e. The number of morpholine rings is 1. The van der Waals surface area contributed by atoms with Crippen molar-refractivity contribution in [1.82, 2.24) is 14.7 Å². The van der Waals surface area contributed by atoms with Gasteiger partial charge in [-0.05, 0) is 42.4 Å². The Morgan fingerprint density at radius 2 is 2.03 bits per heavy atom. The van der Waals surface area contributed by atoms with Crippen LogP contribution in [0.3, 0.4) is 0 Å². The fraction of sp³-hybridized carbons (Fsp3) is 0.577. The molecule has 0 spiro atoms. The van der Waals surface area contributed by atoms with E-state index in [-0.39, 0.29) is 17.7 Å². The molecule has 1 aromatic carbocycles. The van der Waals surface area contributed by atoms with Crippen LogP contribution in [0.2, 0.25) is 0 Å². The van der Waals surface area contributed by atoms with Gasteiger partial charge in [0.05, 0.1) is 30.8 Å². The predicted octanol–water partition coefficient (Wildman–Crippen LogP) is 1.80. The highest BCUT2D eigenvalue weighted by atomic mass is 16.5. The third-order valence-electron chi connectivity index (χ3n) is 7.99. The minimum Gasteiger partial charge on any atom is -0.390 e. The molecule has 0 radical (unpaired) electrons. The molecule has 4 aliphatic heterocycles. The average molecular weight is 436 g/mol. The molecule has 4 unspecified atom stereocenters. The minimum atomic E-state index is -0.514. The summed E-state index contributed by atoms with van der Waals surface area (Å²) in [6, 6.07) is 9.06. The van der Waals surface area contributed by atoms with Crippen LogP contribution in [0, 0.1) is 11.8 Å². The molecule has 32 heavy (non-hydrogen) atoms. The SMILES string of the molecule is O=C1C2C=CC(N3CC4CC3CO4)=CC2CCN1C[C@H](O)CN1CCc2ccccc2C1. The van der Waals surface area contributed by atoms with Crippen LogP contribution in [0.15, 0.2) is 48.2 Å². The van der Waals surface area contributed by atoms with Crippen LogP contribution in [-0.2, 0) is 22.5 Å². The number of hydrogen-bond acceptors (Lipinski definition) is 5. The molecule has 6 heteroatoms. The molecule has 1 N–H and O–H groups in total. The lowest BCUT2D eigenvalue weighted by atomic mass is 9.81. The van der Waals surface area contributed by atoms with Crippen molar-refractivity contribution in [3.05, 3.63) is 59.3 Å². The van der Waals surface area contributed by atoms with E-state index in [9.17, 15) is 9.90 Å². The Bertz CT molecular complexity index is 944. The van der Waals surface area contributed by atoms with Crippen molar-refractivity contribution in [2.45, 2.75) is 44.1 Å². The quantitative estimate of drug-likeness (QED) is 0.765. The Hall–Kier alpha value is -2.15. The van der Waals surface area contributed by atoms with E-state index in [2.05, 4.69) is 52.3 Å². The average Bonchev–Trinajstić information content (AvgIpc) is 3.45. The summed E-state index contributed by atoms with van der Waals surface area (Å²) in [4.78, 5) is 19.9. The second-order valence-corrected chi connectivity index (χ2v) is 10.1. The van der Waals surface area contributed by atoms with Crippen LogP contribution >= 0.6 is 0 Å². The Balaban J connectivity index is 1.04. The zero-order valence-electron chi connectivity index (χ0n) is 18.6. The second kappa shape index (κ2) is 8.32. The highest BCUT2D eigenvalue weighted by Gasteiger charge is 2.42. The first-order valence-electron chi connectivity index (χ1n) is 12.2. The van der Waals surface area contributed by atoms with Crippen LogP contribution in [0.1, 0.15) is 24.0 Å². The molecule has 3 fully saturated rings. The molecule has 5 aliphatic rings. The third-order valence-corrected chi connectivity index (χ3v) is 7.99. The van der Waals surface area contributed by atoms with Gasteiger partial charge < -0.3 is 19.6 Å². The number of ether oxygens (including phenoxy) is 1. The maximum Gasteiger partial charge on any atom is 0.230 e. The zero-order valence-corrected chi connectivity index (χ0v) is 18.6. The molecule has 1 amide bonds. The number of allylic oxidation sites excluding steroid dienone is 2. The van der Waals surface area contributed by atoms with Gasteiger partial charge in [-0.3, -0.25) is 9.69 Å². The molecule has 6 rings (SSSR count). The minimum absolute atomic E-state index is 0.0856. The molecule has 1 aliphatic carbocycles. The standard InChI is InChI=1S/C26H33N3O3/c30-23(14-27-9-7-18-3-1-2-4-20(18)13-27)15-28-10-8-19-11-21(5-6-25(19)26(28)31)29-16-24-12-22(29)17-32-24/h1-6,11,19,22-25,30H,7-10,12-17H2/t19?,22?,23-,24?,25?/m1/s1. The first-order chi connectivity index (χ1) is 15.6. The van der Waals surface area contributed by atoms with Crippen molar-refractivity contribution in [3.8, 4) is 0 Å². The van der Waals surface area contributed by atoms with Gasteiger partial charge in [-0.15, -0.1) is 0 Å². The van der Waals surface area contributed by atoms with Gasteiger partial charge in [0.2, 0.25) is 5.91 Å². The number of benzene rings is 1. The van der Waals surface area contributed by atoms with E-state index in [0.717, 1.165) is 52.0 Å². The van der Waals surface area contributed by atoms with Gasteiger partial charge in [0.15, 0.2) is 0 Å². The van der Waals surface area contributed by atoms with E-state index >= 15 is 0 Å². The first-order valence-corrected chi connectivity index (χ1v) is 12.2. The number of carbonyl (C=O) groups is 1. The second-order valence-electron chi connectivity index (χ2n) is 10.1. The lowest BCUT2D eigenvalue weighted by molar-refractivity contribution is -0.140. The Labute approximate surface area is 190 Å². The molecule has 0 saturated carbocycles. The van der Waals surface area contributed by atoms with Crippen molar-refractivity contribution in [1.29, 1.82) is 0 Å². The van der Waals surface area contributed by atoms with Crippen LogP contribution < -0.4 is 0 Å². The first kappa shape index (κ1) is 20.5. The van der Waals surface area contributed by atoms with Gasteiger partial charge in [0, 0.05) is 45.0 Å². The Morgan fingerprint density at radius 3 is 2.84 bits per heavy atom. The molecule has 2 bridgehead atoms. The summed E-state index contributed by atoms with van der Waals surface area (Å²) < 4.78 is 5.74. The number of fused-ring (bicyclic) bond motifs is 4. The molecule has 3 saturated heterocycles. The van der Waals surface area contributed by atoms with Crippen molar-refractivity contribution < 1.29 is 14.6 Å². The lowest BCUT2D eigenvalue weighted by Crippen LogP contribution is -2.50. The summed E-state index contributed by atoms with van der Waals surface area (Å²) in [5.74, 6) is 0.356. The molecule has 170 valence electrons. The topological polar surface area (TPSA) is 56.3 Å². The molecule has 5 atom stereocenters. The van der Waals surface area contributed by atoms with Gasteiger partial charge >= 0.3 is 0 Å². The molecule has 6 nitrogen and oxygen atoms in total. The van der Waals surface area contributed by atoms with Crippen LogP contribution in [0.4, 0.5) is 0 Å². The lowest BCUT2D eigenvalue weighted by Gasteiger charge is -2.40. The maximum atomic E-state index is 13.2. The van der Waals surface area contributed by atoms with Gasteiger partial charge in [0.25, 0.3) is 0 Å². The van der Waals surface area contributed by atoms with E-state index in [1.54, 1.807) is 0 Å². The molecular formula is C26H33N3O3. The van der Waals surface area contributed by atoms with Crippen LogP contribution in [-0.4, -0.2) is 83.3 Å². The Morgan fingerprint density at radius 1 is 1.16 bits per heavy atom. The smallest absolute Gasteiger partial charge is 0.230 e. The van der Waals surface area contributed by atoms with Crippen LogP contribution in [0.5, 0.6) is 0 Å². The van der Waals surface area contributed by atoms with Crippen molar-refractivity contribution in [2.75, 3.05) is 39.3 Å². The number of rotatable bonds is 5. The number of carbonyl (C=O) groups excluding carboxylic acids is 1. The number of β-amino-alcohol motifs (C(OH)–C–C–N with tert-alkyl or cyclic N) is 1. The highest BCUT2D eigenvalue weighted by Crippen LogP contribution is 2.37. The maximum absolute atomic E-state index is 13.2. The van der Waals surface area contributed by atoms with E-state index in [1.165, 1.54) is 16.8 Å². The van der Waals surface area contributed by atoms with Gasteiger partial charge in [0.1, 0.15) is 0 Å². The fourth-order valence-electron chi connectivity index (χ4n) is 6.29. The van der Waals surface area contributed by atoms with Crippen LogP contribution in [0.25, 0.3) is 0 Å². The van der Waals surface area contributed by atoms with Crippen molar-refractivity contribution >= 4 is 5.91 Å².